The van der Waals surface area contributed by atoms with E-state index < -0.39 is 0 Å². The second kappa shape index (κ2) is 5.48. The lowest BCUT2D eigenvalue weighted by molar-refractivity contribution is 0.0990. The zero-order chi connectivity index (χ0) is 11.5. The molecule has 2 heterocycles. The van der Waals surface area contributed by atoms with Gasteiger partial charge in [-0.15, -0.1) is 0 Å². The first-order valence-corrected chi connectivity index (χ1v) is 6.91. The Labute approximate surface area is 100 Å². The van der Waals surface area contributed by atoms with Crippen LogP contribution in [-0.2, 0) is 0 Å². The molecule has 2 aliphatic rings. The molecule has 2 rings (SSSR count). The summed E-state index contributed by atoms with van der Waals surface area (Å²) in [6.45, 7) is 15.8. The summed E-state index contributed by atoms with van der Waals surface area (Å²) in [5.41, 5.74) is 0. The first kappa shape index (κ1) is 12.3. The topological polar surface area (TPSA) is 9.72 Å². The van der Waals surface area contributed by atoms with Crippen molar-refractivity contribution in [3.63, 3.8) is 0 Å². The molecular weight excluding hydrogens is 198 g/mol. The van der Waals surface area contributed by atoms with Gasteiger partial charge in [0.25, 0.3) is 0 Å². The van der Waals surface area contributed by atoms with Crippen molar-refractivity contribution in [3.8, 4) is 0 Å². The van der Waals surface area contributed by atoms with Crippen LogP contribution in [0, 0.1) is 0 Å². The van der Waals surface area contributed by atoms with E-state index in [-0.39, 0.29) is 0 Å². The molecule has 0 N–H and O–H groups in total. The molecular formula is C13H27N3. The predicted octanol–water partition coefficient (Wildman–Crippen LogP) is 1.11. The molecule has 2 fully saturated rings. The molecule has 0 spiro atoms. The van der Waals surface area contributed by atoms with Gasteiger partial charge in [-0.25, -0.2) is 0 Å². The van der Waals surface area contributed by atoms with E-state index in [0.29, 0.717) is 0 Å². The van der Waals surface area contributed by atoms with Crippen LogP contribution in [0.3, 0.4) is 0 Å². The zero-order valence-electron chi connectivity index (χ0n) is 11.2. The number of likely N-dealkylation sites (tertiary alicyclic amines) is 1. The quantitative estimate of drug-likeness (QED) is 0.712. The third-order valence-corrected chi connectivity index (χ3v) is 4.30. The minimum atomic E-state index is 0.724. The summed E-state index contributed by atoms with van der Waals surface area (Å²) in [7, 11) is 0. The van der Waals surface area contributed by atoms with Gasteiger partial charge in [0.2, 0.25) is 0 Å². The van der Waals surface area contributed by atoms with Crippen LogP contribution in [0.15, 0.2) is 0 Å². The van der Waals surface area contributed by atoms with Crippen molar-refractivity contribution >= 4 is 0 Å². The van der Waals surface area contributed by atoms with Crippen LogP contribution in [0.2, 0.25) is 0 Å². The monoisotopic (exact) mass is 225 g/mol. The van der Waals surface area contributed by atoms with E-state index in [9.17, 15) is 0 Å². The first-order chi connectivity index (χ1) is 7.70. The highest BCUT2D eigenvalue weighted by atomic mass is 15.3. The lowest BCUT2D eigenvalue weighted by Crippen LogP contribution is -2.51. The van der Waals surface area contributed by atoms with E-state index in [1.54, 1.807) is 0 Å². The Hall–Kier alpha value is -0.120. The molecule has 3 nitrogen and oxygen atoms in total. The lowest BCUT2D eigenvalue weighted by Gasteiger charge is -2.37. The third kappa shape index (κ3) is 2.76. The van der Waals surface area contributed by atoms with Gasteiger partial charge in [0.1, 0.15) is 0 Å². The molecule has 16 heavy (non-hydrogen) atoms. The highest BCUT2D eigenvalue weighted by Crippen LogP contribution is 2.19. The number of hydrogen-bond acceptors (Lipinski definition) is 3. The van der Waals surface area contributed by atoms with Crippen molar-refractivity contribution < 1.29 is 0 Å². The highest BCUT2D eigenvalue weighted by molar-refractivity contribution is 4.87. The maximum absolute atomic E-state index is 2.72. The molecule has 0 amide bonds. The molecule has 2 aliphatic heterocycles. The van der Waals surface area contributed by atoms with Crippen molar-refractivity contribution in [2.45, 2.75) is 39.3 Å². The molecule has 0 aromatic carbocycles. The van der Waals surface area contributed by atoms with Crippen LogP contribution in [-0.4, -0.2) is 72.6 Å². The zero-order valence-corrected chi connectivity index (χ0v) is 11.2. The third-order valence-electron chi connectivity index (χ3n) is 4.30. The van der Waals surface area contributed by atoms with Crippen LogP contribution < -0.4 is 0 Å². The average Bonchev–Trinajstić information content (AvgIpc) is 2.78. The molecule has 3 heteroatoms. The summed E-state index contributed by atoms with van der Waals surface area (Å²) in [4.78, 5) is 7.90. The van der Waals surface area contributed by atoms with Crippen molar-refractivity contribution in [1.29, 1.82) is 0 Å². The Morgan fingerprint density at radius 2 is 1.75 bits per heavy atom. The second-order valence-corrected chi connectivity index (χ2v) is 5.50. The Kier molecular flexibility index (Phi) is 4.22. The van der Waals surface area contributed by atoms with Gasteiger partial charge in [0, 0.05) is 51.4 Å². The van der Waals surface area contributed by atoms with Crippen molar-refractivity contribution in [3.05, 3.63) is 0 Å². The Bertz CT molecular complexity index is 209. The van der Waals surface area contributed by atoms with Crippen LogP contribution in [0.4, 0.5) is 0 Å². The van der Waals surface area contributed by atoms with Crippen molar-refractivity contribution in [2.24, 2.45) is 0 Å². The molecule has 94 valence electrons. The fourth-order valence-electron chi connectivity index (χ4n) is 2.98. The van der Waals surface area contributed by atoms with E-state index in [4.69, 9.17) is 0 Å². The summed E-state index contributed by atoms with van der Waals surface area (Å²) in [5.74, 6) is 0. The van der Waals surface area contributed by atoms with Crippen molar-refractivity contribution in [2.75, 3.05) is 45.8 Å². The summed E-state index contributed by atoms with van der Waals surface area (Å²) in [6, 6.07) is 1.56. The van der Waals surface area contributed by atoms with E-state index >= 15 is 0 Å². The average molecular weight is 225 g/mol. The molecule has 0 radical (unpaired) electrons. The fraction of sp³-hybridized carbons (Fsp3) is 1.00. The van der Waals surface area contributed by atoms with Gasteiger partial charge in [0.05, 0.1) is 0 Å². The predicted molar refractivity (Wildman–Crippen MR) is 68.8 cm³/mol. The number of nitrogens with zero attached hydrogens (tertiary/aromatic N) is 3. The van der Waals surface area contributed by atoms with Gasteiger partial charge in [-0.05, 0) is 26.8 Å². The smallest absolute Gasteiger partial charge is 0.0236 e. The molecule has 1 atom stereocenters. The van der Waals surface area contributed by atoms with Gasteiger partial charge in [0.15, 0.2) is 0 Å². The standard InChI is InChI=1S/C13H27N3/c1-4-14-7-9-15(10-8-14)13-5-6-16(11-13)12(2)3/h12-13H,4-11H2,1-3H3. The summed E-state index contributed by atoms with van der Waals surface area (Å²) in [6.07, 6.45) is 1.38. The summed E-state index contributed by atoms with van der Waals surface area (Å²) in [5, 5.41) is 0. The first-order valence-electron chi connectivity index (χ1n) is 6.91. The molecule has 0 aromatic rings. The molecule has 1 unspecified atom stereocenters. The maximum Gasteiger partial charge on any atom is 0.0236 e. The molecule has 0 bridgehead atoms. The number of piperazine rings is 1. The lowest BCUT2D eigenvalue weighted by atomic mass is 10.2. The van der Waals surface area contributed by atoms with Crippen LogP contribution in [0.1, 0.15) is 27.2 Å². The second-order valence-electron chi connectivity index (χ2n) is 5.50. The maximum atomic E-state index is 2.72. The minimum Gasteiger partial charge on any atom is -0.301 e. The SMILES string of the molecule is CCN1CCN(C2CCN(C(C)C)C2)CC1. The normalized spacial score (nSPS) is 30.4. The van der Waals surface area contributed by atoms with Gasteiger partial charge < -0.3 is 4.90 Å². The van der Waals surface area contributed by atoms with Crippen LogP contribution >= 0.6 is 0 Å². The molecule has 0 saturated carbocycles. The minimum absolute atomic E-state index is 0.724. The fourth-order valence-corrected chi connectivity index (χ4v) is 2.98. The van der Waals surface area contributed by atoms with Gasteiger partial charge in [-0.2, -0.15) is 0 Å². The molecule has 2 saturated heterocycles. The van der Waals surface area contributed by atoms with E-state index in [1.807, 2.05) is 0 Å². The van der Waals surface area contributed by atoms with Gasteiger partial charge >= 0.3 is 0 Å². The van der Waals surface area contributed by atoms with Crippen LogP contribution in [0.25, 0.3) is 0 Å². The van der Waals surface area contributed by atoms with Gasteiger partial charge in [-0.3, -0.25) is 9.80 Å². The highest BCUT2D eigenvalue weighted by Gasteiger charge is 2.30. The molecule has 0 aliphatic carbocycles. The van der Waals surface area contributed by atoms with E-state index in [0.717, 1.165) is 12.1 Å². The van der Waals surface area contributed by atoms with Crippen LogP contribution in [0.5, 0.6) is 0 Å². The van der Waals surface area contributed by atoms with Crippen molar-refractivity contribution in [1.82, 2.24) is 14.7 Å². The number of likely N-dealkylation sites (N-methyl/N-ethyl adjacent to an activating group) is 1. The summed E-state index contributed by atoms with van der Waals surface area (Å²) >= 11 is 0. The van der Waals surface area contributed by atoms with Gasteiger partial charge in [-0.1, -0.05) is 6.92 Å². The number of rotatable bonds is 3. The number of hydrogen-bond donors (Lipinski definition) is 0. The Balaban J connectivity index is 1.78. The Morgan fingerprint density at radius 3 is 2.25 bits per heavy atom. The van der Waals surface area contributed by atoms with E-state index in [1.165, 1.54) is 52.2 Å². The Morgan fingerprint density at radius 1 is 1.06 bits per heavy atom. The summed E-state index contributed by atoms with van der Waals surface area (Å²) < 4.78 is 0. The van der Waals surface area contributed by atoms with E-state index in [2.05, 4.69) is 35.5 Å². The largest absolute Gasteiger partial charge is 0.301 e. The molecule has 0 aromatic heterocycles.